The Morgan fingerprint density at radius 3 is 3.12 bits per heavy atom. The largest absolute Gasteiger partial charge is 0.463 e. The van der Waals surface area contributed by atoms with Crippen molar-refractivity contribution in [3.05, 3.63) is 23.8 Å². The van der Waals surface area contributed by atoms with Crippen LogP contribution in [0.1, 0.15) is 35.1 Å². The van der Waals surface area contributed by atoms with Gasteiger partial charge in [0, 0.05) is 24.4 Å². The van der Waals surface area contributed by atoms with E-state index in [2.05, 4.69) is 26.7 Å². The molecule has 1 atom stereocenters. The van der Waals surface area contributed by atoms with E-state index in [0.29, 0.717) is 5.92 Å². The Morgan fingerprint density at radius 1 is 1.59 bits per heavy atom. The fourth-order valence-corrected chi connectivity index (χ4v) is 2.20. The van der Waals surface area contributed by atoms with Gasteiger partial charge in [-0.25, -0.2) is 14.8 Å². The molecule has 0 aromatic carbocycles. The van der Waals surface area contributed by atoms with E-state index in [0.717, 1.165) is 25.2 Å². The lowest BCUT2D eigenvalue weighted by molar-refractivity contribution is 0.0586. The fourth-order valence-electron chi connectivity index (χ4n) is 2.20. The third-order valence-electron chi connectivity index (χ3n) is 3.09. The molecule has 1 unspecified atom stereocenters. The Morgan fingerprint density at radius 2 is 2.41 bits per heavy atom. The lowest BCUT2D eigenvalue weighted by Crippen LogP contribution is -2.31. The van der Waals surface area contributed by atoms with E-state index in [1.807, 2.05) is 6.07 Å². The molecule has 0 aliphatic carbocycles. The first kappa shape index (κ1) is 12.0. The number of esters is 1. The molecular weight excluding hydrogens is 218 g/mol. The molecule has 1 aliphatic heterocycles. The van der Waals surface area contributed by atoms with Gasteiger partial charge in [0.1, 0.15) is 0 Å². The van der Waals surface area contributed by atoms with Crippen molar-refractivity contribution in [1.29, 1.82) is 0 Å². The molecule has 92 valence electrons. The van der Waals surface area contributed by atoms with Crippen molar-refractivity contribution in [2.24, 2.45) is 0 Å². The quantitative estimate of drug-likeness (QED) is 0.718. The third-order valence-corrected chi connectivity index (χ3v) is 3.09. The molecule has 2 heterocycles. The summed E-state index contributed by atoms with van der Waals surface area (Å²) in [5.41, 5.74) is 0.937. The lowest BCUT2D eigenvalue weighted by Gasteiger charge is -2.29. The van der Waals surface area contributed by atoms with Gasteiger partial charge in [-0.3, -0.25) is 0 Å². The standard InChI is InChI=1S/C12H17N3O2/c1-15-7-3-4-9(8-15)10-5-6-13-11(14-10)12(16)17-2/h5-6,9H,3-4,7-8H2,1-2H3. The molecular formula is C12H17N3O2. The van der Waals surface area contributed by atoms with Gasteiger partial charge < -0.3 is 9.64 Å². The van der Waals surface area contributed by atoms with Gasteiger partial charge in [0.15, 0.2) is 0 Å². The fraction of sp³-hybridized carbons (Fsp3) is 0.583. The second-order valence-electron chi connectivity index (χ2n) is 4.40. The number of methoxy groups -OCH3 is 1. The second kappa shape index (κ2) is 5.23. The summed E-state index contributed by atoms with van der Waals surface area (Å²) in [4.78, 5) is 21.9. The van der Waals surface area contributed by atoms with Crippen molar-refractivity contribution >= 4 is 5.97 Å². The zero-order chi connectivity index (χ0) is 12.3. The highest BCUT2D eigenvalue weighted by atomic mass is 16.5. The Labute approximate surface area is 101 Å². The molecule has 2 rings (SSSR count). The first-order valence-electron chi connectivity index (χ1n) is 5.80. The smallest absolute Gasteiger partial charge is 0.376 e. The molecule has 1 aromatic heterocycles. The van der Waals surface area contributed by atoms with Crippen molar-refractivity contribution in [3.63, 3.8) is 0 Å². The van der Waals surface area contributed by atoms with Crippen molar-refractivity contribution in [2.45, 2.75) is 18.8 Å². The van der Waals surface area contributed by atoms with Gasteiger partial charge in [0.2, 0.25) is 5.82 Å². The van der Waals surface area contributed by atoms with Crippen molar-refractivity contribution in [3.8, 4) is 0 Å². The zero-order valence-corrected chi connectivity index (χ0v) is 10.2. The number of hydrogen-bond acceptors (Lipinski definition) is 5. The molecule has 1 aromatic rings. The van der Waals surface area contributed by atoms with Crippen LogP contribution in [0.5, 0.6) is 0 Å². The summed E-state index contributed by atoms with van der Waals surface area (Å²) in [5.74, 6) is 0.0643. The van der Waals surface area contributed by atoms with E-state index >= 15 is 0 Å². The van der Waals surface area contributed by atoms with Crippen LogP contribution in [0, 0.1) is 0 Å². The summed E-state index contributed by atoms with van der Waals surface area (Å²) in [6, 6.07) is 1.89. The lowest BCUT2D eigenvalue weighted by atomic mass is 9.95. The van der Waals surface area contributed by atoms with Crippen LogP contribution in [0.25, 0.3) is 0 Å². The number of piperidine rings is 1. The molecule has 0 N–H and O–H groups in total. The Hall–Kier alpha value is -1.49. The van der Waals surface area contributed by atoms with Crippen LogP contribution in [0.15, 0.2) is 12.3 Å². The van der Waals surface area contributed by atoms with E-state index in [9.17, 15) is 4.79 Å². The number of nitrogens with zero attached hydrogens (tertiary/aromatic N) is 3. The number of rotatable bonds is 2. The van der Waals surface area contributed by atoms with Gasteiger partial charge >= 0.3 is 5.97 Å². The molecule has 0 saturated carbocycles. The highest BCUT2D eigenvalue weighted by molar-refractivity contribution is 5.84. The molecule has 0 amide bonds. The predicted molar refractivity (Wildman–Crippen MR) is 62.8 cm³/mol. The summed E-state index contributed by atoms with van der Waals surface area (Å²) in [5, 5.41) is 0. The van der Waals surface area contributed by atoms with E-state index < -0.39 is 5.97 Å². The van der Waals surface area contributed by atoms with Crippen molar-refractivity contribution in [1.82, 2.24) is 14.9 Å². The minimum absolute atomic E-state index is 0.151. The number of carbonyl (C=O) groups excluding carboxylic acids is 1. The number of likely N-dealkylation sites (N-methyl/N-ethyl adjacent to an activating group) is 1. The van der Waals surface area contributed by atoms with Gasteiger partial charge in [-0.05, 0) is 32.5 Å². The maximum absolute atomic E-state index is 11.4. The average Bonchev–Trinajstić information content (AvgIpc) is 2.38. The van der Waals surface area contributed by atoms with Crippen LogP contribution >= 0.6 is 0 Å². The first-order valence-corrected chi connectivity index (χ1v) is 5.80. The molecule has 0 spiro atoms. The topological polar surface area (TPSA) is 55.3 Å². The molecule has 0 radical (unpaired) electrons. The van der Waals surface area contributed by atoms with Gasteiger partial charge in [0.25, 0.3) is 0 Å². The maximum atomic E-state index is 11.4. The van der Waals surface area contributed by atoms with E-state index in [4.69, 9.17) is 0 Å². The Bertz CT molecular complexity index is 408. The Balaban J connectivity index is 2.17. The molecule has 5 heteroatoms. The van der Waals surface area contributed by atoms with Crippen LogP contribution in [0.2, 0.25) is 0 Å². The van der Waals surface area contributed by atoms with Gasteiger partial charge in [0.05, 0.1) is 7.11 Å². The molecule has 1 aliphatic rings. The van der Waals surface area contributed by atoms with Crippen LogP contribution in [-0.2, 0) is 4.74 Å². The summed E-state index contributed by atoms with van der Waals surface area (Å²) in [6.07, 6.45) is 3.91. The van der Waals surface area contributed by atoms with E-state index in [1.165, 1.54) is 13.5 Å². The van der Waals surface area contributed by atoms with Gasteiger partial charge in [-0.15, -0.1) is 0 Å². The zero-order valence-electron chi connectivity index (χ0n) is 10.2. The molecule has 1 saturated heterocycles. The van der Waals surface area contributed by atoms with E-state index in [1.54, 1.807) is 6.20 Å². The highest BCUT2D eigenvalue weighted by Gasteiger charge is 2.21. The van der Waals surface area contributed by atoms with Crippen molar-refractivity contribution < 1.29 is 9.53 Å². The number of aromatic nitrogens is 2. The number of hydrogen-bond donors (Lipinski definition) is 0. The predicted octanol–water partition coefficient (Wildman–Crippen LogP) is 1.07. The average molecular weight is 235 g/mol. The monoisotopic (exact) mass is 235 g/mol. The molecule has 0 bridgehead atoms. The summed E-state index contributed by atoms with van der Waals surface area (Å²) in [7, 11) is 3.45. The summed E-state index contributed by atoms with van der Waals surface area (Å²) in [6.45, 7) is 2.11. The van der Waals surface area contributed by atoms with Gasteiger partial charge in [-0.2, -0.15) is 0 Å². The minimum Gasteiger partial charge on any atom is -0.463 e. The number of carbonyl (C=O) groups is 1. The van der Waals surface area contributed by atoms with E-state index in [-0.39, 0.29) is 5.82 Å². The minimum atomic E-state index is -0.476. The maximum Gasteiger partial charge on any atom is 0.376 e. The Kier molecular flexibility index (Phi) is 3.68. The van der Waals surface area contributed by atoms with Crippen LogP contribution in [0.4, 0.5) is 0 Å². The first-order chi connectivity index (χ1) is 8.20. The SMILES string of the molecule is COC(=O)c1nccc(C2CCCN(C)C2)n1. The summed E-state index contributed by atoms with van der Waals surface area (Å²) < 4.78 is 4.63. The van der Waals surface area contributed by atoms with Crippen LogP contribution < -0.4 is 0 Å². The number of ether oxygens (including phenoxy) is 1. The molecule has 17 heavy (non-hydrogen) atoms. The number of likely N-dealkylation sites (tertiary alicyclic amines) is 1. The summed E-state index contributed by atoms with van der Waals surface area (Å²) >= 11 is 0. The van der Waals surface area contributed by atoms with Crippen molar-refractivity contribution in [2.75, 3.05) is 27.2 Å². The third kappa shape index (κ3) is 2.79. The van der Waals surface area contributed by atoms with Crippen LogP contribution in [0.3, 0.4) is 0 Å². The second-order valence-corrected chi connectivity index (χ2v) is 4.40. The highest BCUT2D eigenvalue weighted by Crippen LogP contribution is 2.24. The molecule has 5 nitrogen and oxygen atoms in total. The van der Waals surface area contributed by atoms with Gasteiger partial charge in [-0.1, -0.05) is 0 Å². The normalized spacial score (nSPS) is 21.2. The molecule has 1 fully saturated rings. The van der Waals surface area contributed by atoms with Crippen LogP contribution in [-0.4, -0.2) is 48.1 Å².